The number of pyridine rings is 1. The number of nitrogens with zero attached hydrogens (tertiary/aromatic N) is 2. The standard InChI is InChI=1S/C9H8N4O/c10-8-1-6(4-13-9(8)14)7-2-11-5-12-3-7/h1-5H,10H2,(H,13,14). The van der Waals surface area contributed by atoms with Crippen LogP contribution < -0.4 is 11.3 Å². The molecule has 0 spiro atoms. The zero-order valence-corrected chi connectivity index (χ0v) is 7.27. The molecule has 0 fully saturated rings. The third-order valence-electron chi connectivity index (χ3n) is 1.83. The Bertz CT molecular complexity index is 492. The van der Waals surface area contributed by atoms with E-state index in [1.165, 1.54) is 6.33 Å². The number of nitrogens with one attached hydrogen (secondary N) is 1. The molecule has 2 heterocycles. The first-order valence-corrected chi connectivity index (χ1v) is 4.01. The normalized spacial score (nSPS) is 10.0. The number of nitrogens with two attached hydrogens (primary N) is 1. The summed E-state index contributed by atoms with van der Waals surface area (Å²) in [5.41, 5.74) is 6.98. The van der Waals surface area contributed by atoms with E-state index in [0.717, 1.165) is 11.1 Å². The summed E-state index contributed by atoms with van der Waals surface area (Å²) < 4.78 is 0. The Hall–Kier alpha value is -2.17. The summed E-state index contributed by atoms with van der Waals surface area (Å²) in [7, 11) is 0. The van der Waals surface area contributed by atoms with Gasteiger partial charge in [-0.2, -0.15) is 0 Å². The summed E-state index contributed by atoms with van der Waals surface area (Å²) in [6, 6.07) is 1.59. The van der Waals surface area contributed by atoms with Crippen LogP contribution in [0.4, 0.5) is 5.69 Å². The van der Waals surface area contributed by atoms with Crippen LogP contribution in [0.2, 0.25) is 0 Å². The molecule has 14 heavy (non-hydrogen) atoms. The molecule has 0 bridgehead atoms. The molecule has 70 valence electrons. The molecule has 0 radical (unpaired) electrons. The van der Waals surface area contributed by atoms with Gasteiger partial charge in [0.25, 0.3) is 5.56 Å². The minimum Gasteiger partial charge on any atom is -0.394 e. The van der Waals surface area contributed by atoms with Crippen LogP contribution in [-0.4, -0.2) is 15.0 Å². The maximum absolute atomic E-state index is 11.0. The van der Waals surface area contributed by atoms with Crippen molar-refractivity contribution in [2.75, 3.05) is 5.73 Å². The van der Waals surface area contributed by atoms with Gasteiger partial charge < -0.3 is 10.7 Å². The van der Waals surface area contributed by atoms with E-state index in [9.17, 15) is 4.79 Å². The van der Waals surface area contributed by atoms with Crippen molar-refractivity contribution in [3.63, 3.8) is 0 Å². The van der Waals surface area contributed by atoms with Crippen molar-refractivity contribution in [2.24, 2.45) is 0 Å². The summed E-state index contributed by atoms with van der Waals surface area (Å²) in [6.45, 7) is 0. The zero-order chi connectivity index (χ0) is 9.97. The lowest BCUT2D eigenvalue weighted by molar-refractivity contribution is 1.16. The molecule has 0 aliphatic rings. The van der Waals surface area contributed by atoms with E-state index in [2.05, 4.69) is 15.0 Å². The van der Waals surface area contributed by atoms with Gasteiger partial charge >= 0.3 is 0 Å². The van der Waals surface area contributed by atoms with Gasteiger partial charge in [-0.1, -0.05) is 0 Å². The van der Waals surface area contributed by atoms with E-state index < -0.39 is 0 Å². The Morgan fingerprint density at radius 2 is 1.93 bits per heavy atom. The fourth-order valence-electron chi connectivity index (χ4n) is 1.12. The molecule has 0 aromatic carbocycles. The summed E-state index contributed by atoms with van der Waals surface area (Å²) in [5, 5.41) is 0. The molecule has 2 aromatic rings. The Kier molecular flexibility index (Phi) is 1.98. The summed E-state index contributed by atoms with van der Waals surface area (Å²) in [4.78, 5) is 21.3. The fraction of sp³-hybridized carbons (Fsp3) is 0. The summed E-state index contributed by atoms with van der Waals surface area (Å²) in [5.74, 6) is 0. The largest absolute Gasteiger partial charge is 0.394 e. The molecular weight excluding hydrogens is 180 g/mol. The van der Waals surface area contributed by atoms with Gasteiger partial charge in [0.15, 0.2) is 0 Å². The number of rotatable bonds is 1. The van der Waals surface area contributed by atoms with Gasteiger partial charge in [-0.05, 0) is 6.07 Å². The van der Waals surface area contributed by atoms with Crippen LogP contribution in [0.1, 0.15) is 0 Å². The molecule has 0 aliphatic heterocycles. The van der Waals surface area contributed by atoms with Crippen LogP contribution in [0.3, 0.4) is 0 Å². The number of anilines is 1. The van der Waals surface area contributed by atoms with E-state index in [0.29, 0.717) is 0 Å². The molecule has 0 saturated carbocycles. The molecule has 2 rings (SSSR count). The van der Waals surface area contributed by atoms with Crippen LogP contribution in [-0.2, 0) is 0 Å². The molecule has 5 heteroatoms. The first-order chi connectivity index (χ1) is 6.77. The van der Waals surface area contributed by atoms with Crippen LogP contribution in [0.15, 0.2) is 35.8 Å². The van der Waals surface area contributed by atoms with Gasteiger partial charge in [-0.25, -0.2) is 9.97 Å². The molecule has 5 nitrogen and oxygen atoms in total. The van der Waals surface area contributed by atoms with Crippen molar-refractivity contribution in [2.45, 2.75) is 0 Å². The predicted molar refractivity (Wildman–Crippen MR) is 52.5 cm³/mol. The highest BCUT2D eigenvalue weighted by Gasteiger charge is 2.00. The van der Waals surface area contributed by atoms with E-state index in [1.807, 2.05) is 0 Å². The second-order valence-electron chi connectivity index (χ2n) is 2.80. The van der Waals surface area contributed by atoms with Crippen molar-refractivity contribution in [1.29, 1.82) is 0 Å². The number of aromatic amines is 1. The van der Waals surface area contributed by atoms with Gasteiger partial charge in [-0.3, -0.25) is 4.79 Å². The smallest absolute Gasteiger partial charge is 0.271 e. The quantitative estimate of drug-likeness (QED) is 0.679. The lowest BCUT2D eigenvalue weighted by Gasteiger charge is -1.99. The highest BCUT2D eigenvalue weighted by molar-refractivity contribution is 5.63. The third kappa shape index (κ3) is 1.47. The Morgan fingerprint density at radius 3 is 2.57 bits per heavy atom. The van der Waals surface area contributed by atoms with Crippen LogP contribution in [0.25, 0.3) is 11.1 Å². The summed E-state index contributed by atoms with van der Waals surface area (Å²) in [6.07, 6.45) is 6.33. The molecular formula is C9H8N4O. The van der Waals surface area contributed by atoms with Gasteiger partial charge in [-0.15, -0.1) is 0 Å². The lowest BCUT2D eigenvalue weighted by Crippen LogP contribution is -2.10. The summed E-state index contributed by atoms with van der Waals surface area (Å²) >= 11 is 0. The first-order valence-electron chi connectivity index (χ1n) is 4.01. The number of H-pyrrole nitrogens is 1. The number of hydrogen-bond donors (Lipinski definition) is 2. The highest BCUT2D eigenvalue weighted by atomic mass is 16.1. The van der Waals surface area contributed by atoms with Gasteiger partial charge in [0.05, 0.1) is 5.69 Å². The van der Waals surface area contributed by atoms with Gasteiger partial charge in [0.1, 0.15) is 6.33 Å². The Balaban J connectivity index is 2.54. The predicted octanol–water partition coefficient (Wildman–Crippen LogP) is 0.414. The van der Waals surface area contributed by atoms with Crippen molar-refractivity contribution in [3.8, 4) is 11.1 Å². The number of nitrogen functional groups attached to an aromatic ring is 1. The molecule has 0 unspecified atom stereocenters. The van der Waals surface area contributed by atoms with E-state index in [-0.39, 0.29) is 11.2 Å². The van der Waals surface area contributed by atoms with Crippen molar-refractivity contribution in [1.82, 2.24) is 15.0 Å². The van der Waals surface area contributed by atoms with E-state index in [4.69, 9.17) is 5.73 Å². The molecule has 3 N–H and O–H groups in total. The van der Waals surface area contributed by atoms with E-state index in [1.54, 1.807) is 24.7 Å². The molecule has 0 atom stereocenters. The molecule has 0 amide bonds. The van der Waals surface area contributed by atoms with Crippen molar-refractivity contribution < 1.29 is 0 Å². The van der Waals surface area contributed by atoms with Crippen molar-refractivity contribution >= 4 is 5.69 Å². The number of hydrogen-bond acceptors (Lipinski definition) is 4. The Morgan fingerprint density at radius 1 is 1.21 bits per heavy atom. The Labute approximate surface area is 79.6 Å². The van der Waals surface area contributed by atoms with Gasteiger partial charge in [0.2, 0.25) is 0 Å². The van der Waals surface area contributed by atoms with Crippen LogP contribution >= 0.6 is 0 Å². The topological polar surface area (TPSA) is 84.7 Å². The maximum Gasteiger partial charge on any atom is 0.271 e. The molecule has 0 saturated heterocycles. The third-order valence-corrected chi connectivity index (χ3v) is 1.83. The monoisotopic (exact) mass is 188 g/mol. The highest BCUT2D eigenvalue weighted by Crippen LogP contribution is 2.15. The first kappa shape index (κ1) is 8.43. The van der Waals surface area contributed by atoms with Crippen LogP contribution in [0.5, 0.6) is 0 Å². The second kappa shape index (κ2) is 3.29. The minimum atomic E-state index is -0.286. The molecule has 0 aliphatic carbocycles. The van der Waals surface area contributed by atoms with Crippen LogP contribution in [0, 0.1) is 0 Å². The van der Waals surface area contributed by atoms with Gasteiger partial charge in [0, 0.05) is 29.7 Å². The SMILES string of the molecule is Nc1cc(-c2cncnc2)c[nH]c1=O. The maximum atomic E-state index is 11.0. The second-order valence-corrected chi connectivity index (χ2v) is 2.80. The lowest BCUT2D eigenvalue weighted by atomic mass is 10.1. The average molecular weight is 188 g/mol. The van der Waals surface area contributed by atoms with E-state index >= 15 is 0 Å². The van der Waals surface area contributed by atoms with Crippen molar-refractivity contribution in [3.05, 3.63) is 41.3 Å². The minimum absolute atomic E-state index is 0.186. The number of aromatic nitrogens is 3. The average Bonchev–Trinajstić information content (AvgIpc) is 2.23. The zero-order valence-electron chi connectivity index (χ0n) is 7.27. The fourth-order valence-corrected chi connectivity index (χ4v) is 1.12. The molecule has 2 aromatic heterocycles.